The number of urea groups is 3. The van der Waals surface area contributed by atoms with E-state index in [4.69, 9.17) is 10.1 Å². The van der Waals surface area contributed by atoms with Crippen LogP contribution >= 0.6 is 0 Å². The Kier molecular flexibility index (Phi) is 57.4. The number of nitroso groups, excluding NO2 is 1. The monoisotopic (exact) mass is 395 g/mol. The molecular formula is C8H26N11NaO6. The van der Waals surface area contributed by atoms with E-state index in [1.165, 1.54) is 21.1 Å². The second-order valence-electron chi connectivity index (χ2n) is 2.79. The van der Waals surface area contributed by atoms with Gasteiger partial charge in [-0.3, -0.25) is 17.1 Å². The Morgan fingerprint density at radius 2 is 1.19 bits per heavy atom. The van der Waals surface area contributed by atoms with Crippen LogP contribution in [0.3, 0.4) is 0 Å². The third-order valence-electron chi connectivity index (χ3n) is 1.44. The molecule has 0 spiro atoms. The maximum Gasteiger partial charge on any atom is 1.00 e. The predicted octanol–water partition coefficient (Wildman–Crippen LogP) is -5.65. The van der Waals surface area contributed by atoms with Crippen LogP contribution in [0.15, 0.2) is 10.6 Å². The van der Waals surface area contributed by atoms with Gasteiger partial charge in [-0.25, -0.2) is 20.2 Å². The Morgan fingerprint density at radius 1 is 0.885 bits per heavy atom. The van der Waals surface area contributed by atoms with Gasteiger partial charge in [-0.1, -0.05) is 0 Å². The molecule has 150 valence electrons. The number of rotatable bonds is 1. The third kappa shape index (κ3) is 49.5. The summed E-state index contributed by atoms with van der Waals surface area (Å²) >= 11 is 0. The summed E-state index contributed by atoms with van der Waals surface area (Å²) in [5, 5.41) is 21.2. The summed E-state index contributed by atoms with van der Waals surface area (Å²) in [5.41, 5.74) is 1.86. The molecule has 26 heavy (non-hydrogen) atoms. The summed E-state index contributed by atoms with van der Waals surface area (Å²) in [4.78, 5) is 47.6. The molecule has 0 aliphatic carbocycles. The van der Waals surface area contributed by atoms with Gasteiger partial charge < -0.3 is 31.4 Å². The molecule has 0 aromatic heterocycles. The van der Waals surface area contributed by atoms with Crippen molar-refractivity contribution >= 4 is 18.1 Å². The molecule has 6 amide bonds. The molecule has 0 bridgehead atoms. The van der Waals surface area contributed by atoms with Gasteiger partial charge in [-0.15, -0.1) is 10.2 Å². The Labute approximate surface area is 172 Å². The maximum absolute atomic E-state index is 10.3. The molecule has 0 unspecified atom stereocenters. The van der Waals surface area contributed by atoms with Crippen molar-refractivity contribution in [2.45, 2.75) is 0 Å². The number of hydrazine groups is 2. The van der Waals surface area contributed by atoms with E-state index in [0.29, 0.717) is 5.01 Å². The van der Waals surface area contributed by atoms with E-state index in [1.807, 2.05) is 5.43 Å². The summed E-state index contributed by atoms with van der Waals surface area (Å²) in [6, 6.07) is -1.05. The number of carbonyl (C=O) groups excluding carboxylic acids is 3. The number of nitrogens with zero attached hydrogens (tertiary/aromatic N) is 3. The molecule has 11 N–H and O–H groups in total. The van der Waals surface area contributed by atoms with Crippen LogP contribution in [0.1, 0.15) is 0 Å². The molecule has 0 saturated carbocycles. The summed E-state index contributed by atoms with van der Waals surface area (Å²) in [5.74, 6) is 12.6. The van der Waals surface area contributed by atoms with Crippen molar-refractivity contribution in [1.29, 1.82) is 0 Å². The van der Waals surface area contributed by atoms with Crippen LogP contribution in [0, 0.1) is 15.0 Å². The van der Waals surface area contributed by atoms with Crippen LogP contribution in [-0.4, -0.2) is 58.3 Å². The topological polar surface area (TPSA) is 275 Å². The first-order valence-electron chi connectivity index (χ1n) is 5.90. The van der Waals surface area contributed by atoms with Gasteiger partial charge in [0.15, 0.2) is 0 Å². The van der Waals surface area contributed by atoms with E-state index < -0.39 is 6.03 Å². The first-order chi connectivity index (χ1) is 11.7. The second-order valence-corrected chi connectivity index (χ2v) is 2.79. The van der Waals surface area contributed by atoms with Crippen molar-refractivity contribution in [2.24, 2.45) is 28.2 Å². The predicted molar refractivity (Wildman–Crippen MR) is 90.8 cm³/mol. The fourth-order valence-electron chi connectivity index (χ4n) is 0.396. The number of hydrogen-bond acceptors (Lipinski definition) is 11. The molecule has 0 aromatic carbocycles. The third-order valence-corrected chi connectivity index (χ3v) is 1.44. The van der Waals surface area contributed by atoms with Crippen molar-refractivity contribution < 1.29 is 43.9 Å². The molecular weight excluding hydrogens is 369 g/mol. The van der Waals surface area contributed by atoms with Gasteiger partial charge in [-0.2, -0.15) is 5.01 Å². The molecule has 0 fully saturated rings. The summed E-state index contributed by atoms with van der Waals surface area (Å²) in [7, 11) is 7.32. The Bertz CT molecular complexity index is 321. The van der Waals surface area contributed by atoms with Gasteiger partial charge in [0.2, 0.25) is 0 Å². The van der Waals surface area contributed by atoms with Gasteiger partial charge in [0, 0.05) is 35.2 Å². The molecule has 0 saturated heterocycles. The van der Waals surface area contributed by atoms with Crippen LogP contribution in [0.5, 0.6) is 0 Å². The SMILES string of the molecule is CNC(=O)N(C)N=O.CNC(=O)NC.CNC(=O)NN.NN.O=N[O-].[Na+]. The van der Waals surface area contributed by atoms with Crippen LogP contribution in [0.2, 0.25) is 0 Å². The van der Waals surface area contributed by atoms with Crippen LogP contribution in [0.25, 0.3) is 0 Å². The molecule has 0 aromatic rings. The van der Waals surface area contributed by atoms with Gasteiger partial charge in [-0.05, 0) is 0 Å². The number of hydrogen-bond donors (Lipinski definition) is 8. The summed E-state index contributed by atoms with van der Waals surface area (Å²) in [6.07, 6.45) is 0. The largest absolute Gasteiger partial charge is 1.00 e. The molecule has 0 heterocycles. The number of nitrogens with one attached hydrogen (secondary N) is 5. The fourth-order valence-corrected chi connectivity index (χ4v) is 0.396. The number of amides is 6. The zero-order valence-electron chi connectivity index (χ0n) is 15.5. The summed E-state index contributed by atoms with van der Waals surface area (Å²) in [6.45, 7) is 0. The van der Waals surface area contributed by atoms with Crippen molar-refractivity contribution in [3.63, 3.8) is 0 Å². The normalized spacial score (nSPS) is 6.31. The van der Waals surface area contributed by atoms with Crippen LogP contribution in [-0.2, 0) is 0 Å². The van der Waals surface area contributed by atoms with Gasteiger partial charge in [0.1, 0.15) is 0 Å². The second kappa shape index (κ2) is 38.3. The average Bonchev–Trinajstić information content (AvgIpc) is 2.68. The van der Waals surface area contributed by atoms with E-state index in [1.54, 1.807) is 14.1 Å². The average molecular weight is 395 g/mol. The van der Waals surface area contributed by atoms with Crippen molar-refractivity contribution in [3.05, 3.63) is 15.0 Å². The Balaban J connectivity index is -0.0000000509. The quantitative estimate of drug-likeness (QED) is 0.0689. The molecule has 0 atom stereocenters. The fraction of sp³-hybridized carbons (Fsp3) is 0.625. The minimum absolute atomic E-state index is 0. The number of carbonyl (C=O) groups is 3. The standard InChI is InChI=1S/C3H7N3O2.C3H8N2O.C2H7N3O.H4N2.HNO2.Na/c1-4-3(7)6(2)5-8;1-4-3(6)5-2;1-4-2(6)5-3;1-2;2-1-3;/h1-2H3,(H,4,7);1-2H3,(H2,4,5,6);3H2,1H3,(H2,4,5,6);1-2H2;(H,2,3);/q;;;;;+1/p-1. The van der Waals surface area contributed by atoms with Crippen molar-refractivity contribution in [1.82, 2.24) is 31.7 Å². The Morgan fingerprint density at radius 3 is 1.23 bits per heavy atom. The first kappa shape index (κ1) is 39.0. The van der Waals surface area contributed by atoms with Crippen LogP contribution in [0.4, 0.5) is 14.4 Å². The van der Waals surface area contributed by atoms with Crippen LogP contribution < -0.4 is 73.8 Å². The number of nitrogens with two attached hydrogens (primary N) is 3. The maximum atomic E-state index is 10.3. The van der Waals surface area contributed by atoms with E-state index in [2.05, 4.69) is 44.1 Å². The zero-order chi connectivity index (χ0) is 21.3. The van der Waals surface area contributed by atoms with Gasteiger partial charge >= 0.3 is 47.7 Å². The minimum atomic E-state index is -0.514. The molecule has 17 nitrogen and oxygen atoms in total. The minimum Gasteiger partial charge on any atom is -0.444 e. The molecule has 0 aliphatic rings. The van der Waals surface area contributed by atoms with E-state index >= 15 is 0 Å². The molecule has 18 heteroatoms. The van der Waals surface area contributed by atoms with Gasteiger partial charge in [0.25, 0.3) is 0 Å². The van der Waals surface area contributed by atoms with Crippen molar-refractivity contribution in [3.8, 4) is 0 Å². The Hall–Kier alpha value is -2.31. The molecule has 0 radical (unpaired) electrons. The van der Waals surface area contributed by atoms with Crippen molar-refractivity contribution in [2.75, 3.05) is 35.2 Å². The van der Waals surface area contributed by atoms with E-state index in [0.717, 1.165) is 5.34 Å². The first-order valence-corrected chi connectivity index (χ1v) is 5.90. The zero-order valence-corrected chi connectivity index (χ0v) is 17.5. The summed E-state index contributed by atoms with van der Waals surface area (Å²) < 4.78 is 0. The van der Waals surface area contributed by atoms with E-state index in [-0.39, 0.29) is 41.6 Å². The van der Waals surface area contributed by atoms with E-state index in [9.17, 15) is 19.3 Å². The smallest absolute Gasteiger partial charge is 0.444 e. The molecule has 0 aliphatic heterocycles. The van der Waals surface area contributed by atoms with Gasteiger partial charge in [0.05, 0.1) is 5.29 Å². The molecule has 0 rings (SSSR count).